The van der Waals surface area contributed by atoms with Crippen LogP contribution in [0.1, 0.15) is 20.3 Å². The van der Waals surface area contributed by atoms with Crippen LogP contribution < -0.4 is 5.73 Å². The number of nitrogens with one attached hydrogen (secondary N) is 1. The molecule has 0 unspecified atom stereocenters. The van der Waals surface area contributed by atoms with Crippen LogP contribution in [0.2, 0.25) is 0 Å². The molecule has 0 aliphatic rings. The lowest BCUT2D eigenvalue weighted by molar-refractivity contribution is 0.345. The third kappa shape index (κ3) is 4.14. The first-order valence-electron chi connectivity index (χ1n) is 3.81. The maximum atomic E-state index is 7.24. The molecule has 0 aliphatic carbocycles. The van der Waals surface area contributed by atoms with E-state index in [2.05, 4.69) is 12.6 Å². The van der Waals surface area contributed by atoms with Crippen LogP contribution >= 0.6 is 12.6 Å². The summed E-state index contributed by atoms with van der Waals surface area (Å²) in [6.45, 7) is 4.89. The van der Waals surface area contributed by atoms with Crippen LogP contribution in [0.4, 0.5) is 0 Å². The largest absolute Gasteiger partial charge is 0.370 e. The van der Waals surface area contributed by atoms with Crippen LogP contribution in [0.25, 0.3) is 0 Å². The molecule has 0 aromatic rings. The van der Waals surface area contributed by atoms with Crippen molar-refractivity contribution in [2.75, 3.05) is 12.3 Å². The molecule has 0 radical (unpaired) electrons. The first-order chi connectivity index (χ1) is 5.09. The van der Waals surface area contributed by atoms with Gasteiger partial charge in [0.25, 0.3) is 0 Å². The molecule has 3 N–H and O–H groups in total. The average molecular weight is 175 g/mol. The molecule has 0 aromatic heterocycles. The van der Waals surface area contributed by atoms with Crippen molar-refractivity contribution < 1.29 is 0 Å². The van der Waals surface area contributed by atoms with Gasteiger partial charge in [-0.15, -0.1) is 0 Å². The van der Waals surface area contributed by atoms with Crippen molar-refractivity contribution in [3.05, 3.63) is 0 Å². The quantitative estimate of drug-likeness (QED) is 0.338. The Bertz CT molecular complexity index is 125. The molecule has 0 saturated carbocycles. The summed E-state index contributed by atoms with van der Waals surface area (Å²) in [4.78, 5) is 1.86. The fraction of sp³-hybridized carbons (Fsp3) is 0.857. The Morgan fingerprint density at radius 1 is 1.64 bits per heavy atom. The minimum absolute atomic E-state index is 0.154. The van der Waals surface area contributed by atoms with Gasteiger partial charge in [-0.1, -0.05) is 0 Å². The number of guanidine groups is 1. The molecule has 0 aromatic carbocycles. The summed E-state index contributed by atoms with van der Waals surface area (Å²) in [6.07, 6.45) is 0.973. The zero-order chi connectivity index (χ0) is 8.85. The van der Waals surface area contributed by atoms with Gasteiger partial charge in [0.15, 0.2) is 5.96 Å². The molecule has 4 heteroatoms. The summed E-state index contributed by atoms with van der Waals surface area (Å²) in [7, 11) is 0. The fourth-order valence-electron chi connectivity index (χ4n) is 0.898. The maximum Gasteiger partial charge on any atom is 0.188 e. The van der Waals surface area contributed by atoms with Gasteiger partial charge < -0.3 is 10.6 Å². The van der Waals surface area contributed by atoms with E-state index in [0.29, 0.717) is 6.04 Å². The molecule has 3 nitrogen and oxygen atoms in total. The Morgan fingerprint density at radius 2 is 2.18 bits per heavy atom. The standard InChI is InChI=1S/C7H17N3S/c1-6(2)10(7(8)9)4-3-5-11/h6,11H,3-5H2,1-2H3,(H3,8,9). The summed E-state index contributed by atoms with van der Waals surface area (Å²) in [5.41, 5.74) is 5.36. The van der Waals surface area contributed by atoms with Crippen molar-refractivity contribution in [2.24, 2.45) is 5.73 Å². The number of hydrogen-bond donors (Lipinski definition) is 3. The van der Waals surface area contributed by atoms with Gasteiger partial charge in [0.1, 0.15) is 0 Å². The minimum Gasteiger partial charge on any atom is -0.370 e. The second kappa shape index (κ2) is 5.29. The molecule has 0 aliphatic heterocycles. The van der Waals surface area contributed by atoms with Gasteiger partial charge in [0.05, 0.1) is 0 Å². The number of nitrogens with zero attached hydrogens (tertiary/aromatic N) is 1. The predicted octanol–water partition coefficient (Wildman–Crippen LogP) is 0.910. The van der Waals surface area contributed by atoms with Crippen LogP contribution in [-0.2, 0) is 0 Å². The van der Waals surface area contributed by atoms with E-state index < -0.39 is 0 Å². The summed E-state index contributed by atoms with van der Waals surface area (Å²) < 4.78 is 0. The minimum atomic E-state index is 0.154. The van der Waals surface area contributed by atoms with Gasteiger partial charge >= 0.3 is 0 Å². The third-order valence-corrected chi connectivity index (χ3v) is 1.81. The van der Waals surface area contributed by atoms with Crippen LogP contribution in [-0.4, -0.2) is 29.2 Å². The lowest BCUT2D eigenvalue weighted by Gasteiger charge is -2.26. The molecule has 0 atom stereocenters. The van der Waals surface area contributed by atoms with Crippen LogP contribution in [0.15, 0.2) is 0 Å². The van der Waals surface area contributed by atoms with E-state index in [0.717, 1.165) is 18.7 Å². The van der Waals surface area contributed by atoms with E-state index in [1.807, 2.05) is 18.7 Å². The Labute approximate surface area is 73.9 Å². The third-order valence-electron chi connectivity index (χ3n) is 1.49. The first kappa shape index (κ1) is 10.6. The van der Waals surface area contributed by atoms with E-state index in [4.69, 9.17) is 11.1 Å². The molecule has 0 saturated heterocycles. The molecular weight excluding hydrogens is 158 g/mol. The van der Waals surface area contributed by atoms with Gasteiger partial charge in [-0.05, 0) is 26.0 Å². The zero-order valence-corrected chi connectivity index (χ0v) is 8.06. The van der Waals surface area contributed by atoms with Crippen LogP contribution in [0.3, 0.4) is 0 Å². The monoisotopic (exact) mass is 175 g/mol. The second-order valence-corrected chi connectivity index (χ2v) is 3.20. The van der Waals surface area contributed by atoms with Crippen molar-refractivity contribution in [3.8, 4) is 0 Å². The topological polar surface area (TPSA) is 53.1 Å². The lowest BCUT2D eigenvalue weighted by Crippen LogP contribution is -2.42. The van der Waals surface area contributed by atoms with Crippen LogP contribution in [0, 0.1) is 5.41 Å². The molecule has 0 spiro atoms. The molecule has 11 heavy (non-hydrogen) atoms. The average Bonchev–Trinajstić information content (AvgIpc) is 1.87. The zero-order valence-electron chi connectivity index (χ0n) is 7.17. The summed E-state index contributed by atoms with van der Waals surface area (Å²) >= 11 is 4.09. The molecule has 0 heterocycles. The first-order valence-corrected chi connectivity index (χ1v) is 4.44. The summed E-state index contributed by atoms with van der Waals surface area (Å²) in [5, 5.41) is 7.24. The van der Waals surface area contributed by atoms with Crippen molar-refractivity contribution in [1.29, 1.82) is 5.41 Å². The molecule has 0 amide bonds. The number of hydrogen-bond acceptors (Lipinski definition) is 2. The van der Waals surface area contributed by atoms with Crippen LogP contribution in [0.5, 0.6) is 0 Å². The van der Waals surface area contributed by atoms with Crippen molar-refractivity contribution >= 4 is 18.6 Å². The van der Waals surface area contributed by atoms with E-state index >= 15 is 0 Å². The Hall–Kier alpha value is -0.380. The van der Waals surface area contributed by atoms with Gasteiger partial charge in [0, 0.05) is 12.6 Å². The highest BCUT2D eigenvalue weighted by Gasteiger charge is 2.08. The fourth-order valence-corrected chi connectivity index (χ4v) is 1.04. The number of rotatable bonds is 4. The Kier molecular flexibility index (Phi) is 5.11. The lowest BCUT2D eigenvalue weighted by atomic mass is 10.3. The van der Waals surface area contributed by atoms with E-state index in [9.17, 15) is 0 Å². The van der Waals surface area contributed by atoms with E-state index in [1.165, 1.54) is 0 Å². The predicted molar refractivity (Wildman–Crippen MR) is 52.2 cm³/mol. The van der Waals surface area contributed by atoms with Gasteiger partial charge in [-0.2, -0.15) is 12.6 Å². The SMILES string of the molecule is CC(C)N(CCCS)C(=N)N. The van der Waals surface area contributed by atoms with Crippen molar-refractivity contribution in [3.63, 3.8) is 0 Å². The van der Waals surface area contributed by atoms with Gasteiger partial charge in [-0.3, -0.25) is 5.41 Å². The van der Waals surface area contributed by atoms with Gasteiger partial charge in [0.2, 0.25) is 0 Å². The molecule has 0 bridgehead atoms. The molecule has 0 rings (SSSR count). The molecule has 0 fully saturated rings. The Morgan fingerprint density at radius 3 is 2.45 bits per heavy atom. The summed E-state index contributed by atoms with van der Waals surface area (Å²) in [5.74, 6) is 0.998. The second-order valence-electron chi connectivity index (χ2n) is 2.75. The molecule has 66 valence electrons. The number of thiol groups is 1. The van der Waals surface area contributed by atoms with E-state index in [1.54, 1.807) is 0 Å². The highest BCUT2D eigenvalue weighted by atomic mass is 32.1. The van der Waals surface area contributed by atoms with Crippen molar-refractivity contribution in [2.45, 2.75) is 26.3 Å². The van der Waals surface area contributed by atoms with Crippen molar-refractivity contribution in [1.82, 2.24) is 4.90 Å². The molecular formula is C7H17N3S. The summed E-state index contributed by atoms with van der Waals surface area (Å²) in [6, 6.07) is 0.312. The normalized spacial score (nSPS) is 10.2. The maximum absolute atomic E-state index is 7.24. The Balaban J connectivity index is 3.80. The number of nitrogens with two attached hydrogens (primary N) is 1. The van der Waals surface area contributed by atoms with Gasteiger partial charge in [-0.25, -0.2) is 0 Å². The highest BCUT2D eigenvalue weighted by molar-refractivity contribution is 7.80. The van der Waals surface area contributed by atoms with E-state index in [-0.39, 0.29) is 5.96 Å². The smallest absolute Gasteiger partial charge is 0.188 e. The highest BCUT2D eigenvalue weighted by Crippen LogP contribution is 1.98.